The minimum Gasteiger partial charge on any atom is -0.339 e. The Kier molecular flexibility index (Phi) is 7.82. The number of amides is 2. The van der Waals surface area contributed by atoms with Crippen molar-refractivity contribution in [3.05, 3.63) is 63.6 Å². The minimum absolute atomic E-state index is 0.0946. The second kappa shape index (κ2) is 10.6. The highest BCUT2D eigenvalue weighted by atomic mass is 35.5. The van der Waals surface area contributed by atoms with Crippen molar-refractivity contribution in [3.8, 4) is 0 Å². The third kappa shape index (κ3) is 5.74. The Hall–Kier alpha value is -2.13. The van der Waals surface area contributed by atoms with Crippen LogP contribution < -0.4 is 5.32 Å². The van der Waals surface area contributed by atoms with Gasteiger partial charge in [-0.05, 0) is 55.5 Å². The average molecular weight is 524 g/mol. The zero-order valence-corrected chi connectivity index (χ0v) is 21.0. The number of carbonyl (C=O) groups is 2. The van der Waals surface area contributed by atoms with E-state index in [0.29, 0.717) is 46.2 Å². The van der Waals surface area contributed by atoms with Crippen molar-refractivity contribution >= 4 is 50.7 Å². The smallest absolute Gasteiger partial charge is 0.255 e. The van der Waals surface area contributed by atoms with Crippen LogP contribution >= 0.6 is 23.2 Å². The normalized spacial score (nSPS) is 19.2. The van der Waals surface area contributed by atoms with Crippen molar-refractivity contribution < 1.29 is 18.0 Å². The third-order valence-electron chi connectivity index (χ3n) is 6.29. The zero-order valence-electron chi connectivity index (χ0n) is 18.7. The lowest BCUT2D eigenvalue weighted by Gasteiger charge is -2.31. The summed E-state index contributed by atoms with van der Waals surface area (Å²) in [5, 5.41) is 3.54. The van der Waals surface area contributed by atoms with Crippen LogP contribution in [0.2, 0.25) is 10.0 Å². The maximum Gasteiger partial charge on any atom is 0.255 e. The van der Waals surface area contributed by atoms with Crippen molar-refractivity contribution in [2.24, 2.45) is 5.92 Å². The summed E-state index contributed by atoms with van der Waals surface area (Å²) in [6, 6.07) is 11.7. The molecule has 0 aromatic heterocycles. The van der Waals surface area contributed by atoms with Gasteiger partial charge in [-0.2, -0.15) is 0 Å². The minimum atomic E-state index is -3.65. The molecule has 0 bridgehead atoms. The van der Waals surface area contributed by atoms with Gasteiger partial charge in [-0.15, -0.1) is 0 Å². The van der Waals surface area contributed by atoms with Crippen molar-refractivity contribution in [3.63, 3.8) is 0 Å². The van der Waals surface area contributed by atoms with E-state index in [4.69, 9.17) is 23.2 Å². The van der Waals surface area contributed by atoms with Gasteiger partial charge in [0.05, 0.1) is 33.0 Å². The first-order valence-corrected chi connectivity index (χ1v) is 13.7. The summed E-state index contributed by atoms with van der Waals surface area (Å²) < 4.78 is 27.4. The molecule has 0 aliphatic carbocycles. The second-order valence-corrected chi connectivity index (χ2v) is 11.5. The maximum atomic E-state index is 13.1. The number of nitrogens with one attached hydrogen (secondary N) is 1. The number of anilines is 1. The number of rotatable bonds is 6. The predicted octanol–water partition coefficient (Wildman–Crippen LogP) is 4.41. The molecule has 0 saturated carbocycles. The summed E-state index contributed by atoms with van der Waals surface area (Å²) in [5.74, 6) is -1.10. The van der Waals surface area contributed by atoms with E-state index in [1.165, 1.54) is 4.31 Å². The number of piperidine rings is 1. The van der Waals surface area contributed by atoms with Gasteiger partial charge >= 0.3 is 0 Å². The molecule has 0 spiro atoms. The van der Waals surface area contributed by atoms with Gasteiger partial charge in [0.1, 0.15) is 0 Å². The number of carbonyl (C=O) groups excluding carboxylic acids is 2. The van der Waals surface area contributed by atoms with Gasteiger partial charge in [0.15, 0.2) is 0 Å². The quantitative estimate of drug-likeness (QED) is 0.607. The highest BCUT2D eigenvalue weighted by molar-refractivity contribution is 7.88. The molecule has 182 valence electrons. The molecule has 2 aromatic carbocycles. The van der Waals surface area contributed by atoms with Crippen molar-refractivity contribution in [2.45, 2.75) is 31.4 Å². The second-order valence-electron chi connectivity index (χ2n) is 8.74. The maximum absolute atomic E-state index is 13.1. The molecule has 10 heteroatoms. The summed E-state index contributed by atoms with van der Waals surface area (Å²) in [6.45, 7) is 1.89. The van der Waals surface area contributed by atoms with Crippen LogP contribution in [0.15, 0.2) is 42.5 Å². The number of para-hydroxylation sites is 1. The molecule has 2 saturated heterocycles. The molecular formula is C24H27Cl2N3O4S. The molecule has 34 heavy (non-hydrogen) atoms. The Balaban J connectivity index is 1.44. The third-order valence-corrected chi connectivity index (χ3v) is 8.85. The highest BCUT2D eigenvalue weighted by Crippen LogP contribution is 2.27. The van der Waals surface area contributed by atoms with E-state index >= 15 is 0 Å². The molecule has 4 rings (SSSR count). The van der Waals surface area contributed by atoms with E-state index in [0.717, 1.165) is 25.9 Å². The summed E-state index contributed by atoms with van der Waals surface area (Å²) in [7, 11) is -3.65. The molecule has 2 amide bonds. The van der Waals surface area contributed by atoms with Gasteiger partial charge in [0, 0.05) is 26.2 Å². The fourth-order valence-corrected chi connectivity index (χ4v) is 6.36. The lowest BCUT2D eigenvalue weighted by Crippen LogP contribution is -2.44. The van der Waals surface area contributed by atoms with E-state index in [9.17, 15) is 18.0 Å². The number of sulfonamides is 1. The number of halogens is 2. The largest absolute Gasteiger partial charge is 0.339 e. The van der Waals surface area contributed by atoms with E-state index < -0.39 is 15.9 Å². The number of hydrogen-bond donors (Lipinski definition) is 1. The summed E-state index contributed by atoms with van der Waals surface area (Å²) in [5.41, 5.74) is 1.45. The van der Waals surface area contributed by atoms with E-state index in [1.807, 2.05) is 0 Å². The van der Waals surface area contributed by atoms with Crippen LogP contribution in [0.5, 0.6) is 0 Å². The van der Waals surface area contributed by atoms with E-state index in [-0.39, 0.29) is 24.1 Å². The summed E-state index contributed by atoms with van der Waals surface area (Å²) in [4.78, 5) is 27.8. The Labute approximate surface area is 210 Å². The van der Waals surface area contributed by atoms with Gasteiger partial charge in [-0.1, -0.05) is 41.4 Å². The Morgan fingerprint density at radius 2 is 1.71 bits per heavy atom. The number of nitrogens with zero attached hydrogens (tertiary/aromatic N) is 2. The Bertz CT molecular complexity index is 1180. The lowest BCUT2D eigenvalue weighted by atomic mass is 9.98. The molecule has 0 radical (unpaired) electrons. The summed E-state index contributed by atoms with van der Waals surface area (Å²) >= 11 is 12.0. The Morgan fingerprint density at radius 3 is 2.44 bits per heavy atom. The van der Waals surface area contributed by atoms with Crippen LogP contribution in [0, 0.1) is 5.92 Å². The van der Waals surface area contributed by atoms with Gasteiger partial charge in [0.2, 0.25) is 15.9 Å². The van der Waals surface area contributed by atoms with Gasteiger partial charge in [-0.25, -0.2) is 12.7 Å². The average Bonchev–Trinajstić information content (AvgIpc) is 3.36. The first-order chi connectivity index (χ1) is 16.2. The van der Waals surface area contributed by atoms with Crippen LogP contribution in [0.3, 0.4) is 0 Å². The molecule has 2 heterocycles. The molecule has 2 aromatic rings. The summed E-state index contributed by atoms with van der Waals surface area (Å²) in [6.07, 6.45) is 3.11. The zero-order chi connectivity index (χ0) is 24.3. The molecule has 2 aliphatic rings. The molecule has 1 atom stereocenters. The molecule has 2 fully saturated rings. The molecule has 0 unspecified atom stereocenters. The van der Waals surface area contributed by atoms with Crippen molar-refractivity contribution in [1.82, 2.24) is 9.21 Å². The number of benzene rings is 2. The van der Waals surface area contributed by atoms with Crippen molar-refractivity contribution in [2.75, 3.05) is 31.5 Å². The molecule has 1 N–H and O–H groups in total. The number of likely N-dealkylation sites (tertiary alicyclic amines) is 1. The van der Waals surface area contributed by atoms with Crippen LogP contribution in [-0.2, 0) is 20.6 Å². The van der Waals surface area contributed by atoms with E-state index in [2.05, 4.69) is 5.32 Å². The first kappa shape index (κ1) is 25.0. The molecule has 7 nitrogen and oxygen atoms in total. The predicted molar refractivity (Wildman–Crippen MR) is 134 cm³/mol. The standard InChI is InChI=1S/C24H27Cl2N3O4S/c25-20-10-9-17(14-21(20)26)16-34(32,33)29-13-5-6-18(15-29)23(30)27-22-8-2-1-7-19(22)24(31)28-11-3-4-12-28/h1-2,7-10,14,18H,3-6,11-13,15-16H2,(H,27,30)/t18-/m0/s1. The van der Waals surface area contributed by atoms with Crippen LogP contribution in [0.4, 0.5) is 5.69 Å². The van der Waals surface area contributed by atoms with E-state index in [1.54, 1.807) is 47.4 Å². The lowest BCUT2D eigenvalue weighted by molar-refractivity contribution is -0.120. The monoisotopic (exact) mass is 523 g/mol. The van der Waals surface area contributed by atoms with Gasteiger partial charge < -0.3 is 10.2 Å². The first-order valence-electron chi connectivity index (χ1n) is 11.4. The van der Waals surface area contributed by atoms with Gasteiger partial charge in [-0.3, -0.25) is 9.59 Å². The number of hydrogen-bond acceptors (Lipinski definition) is 4. The molecule has 2 aliphatic heterocycles. The fourth-order valence-electron chi connectivity index (χ4n) is 4.44. The van der Waals surface area contributed by atoms with Crippen LogP contribution in [0.1, 0.15) is 41.6 Å². The van der Waals surface area contributed by atoms with Crippen LogP contribution in [-0.4, -0.2) is 55.6 Å². The topological polar surface area (TPSA) is 86.8 Å². The van der Waals surface area contributed by atoms with Crippen LogP contribution in [0.25, 0.3) is 0 Å². The van der Waals surface area contributed by atoms with Crippen molar-refractivity contribution in [1.29, 1.82) is 0 Å². The highest BCUT2D eigenvalue weighted by Gasteiger charge is 2.33. The molecular weight excluding hydrogens is 497 g/mol. The Morgan fingerprint density at radius 1 is 0.971 bits per heavy atom. The van der Waals surface area contributed by atoms with Gasteiger partial charge in [0.25, 0.3) is 5.91 Å². The SMILES string of the molecule is O=C(Nc1ccccc1C(=O)N1CCCC1)[C@H]1CCCN(S(=O)(=O)Cc2ccc(Cl)c(Cl)c2)C1. The fraction of sp³-hybridized carbons (Fsp3) is 0.417.